The molecule has 0 atom stereocenters. The summed E-state index contributed by atoms with van der Waals surface area (Å²) in [6, 6.07) is 19.8. The molecule has 3 aromatic heterocycles. The van der Waals surface area contributed by atoms with Crippen molar-refractivity contribution in [2.45, 2.75) is 39.4 Å². The predicted molar refractivity (Wildman–Crippen MR) is 214 cm³/mol. The van der Waals surface area contributed by atoms with E-state index >= 15 is 0 Å². The smallest absolute Gasteiger partial charge is 0.462 e. The molecule has 0 spiro atoms. The van der Waals surface area contributed by atoms with Gasteiger partial charge in [0, 0.05) is 46.6 Å². The first-order chi connectivity index (χ1) is 30.8. The molecule has 65 heavy (non-hydrogen) atoms. The van der Waals surface area contributed by atoms with E-state index < -0.39 is 49.0 Å². The normalized spacial score (nSPS) is 11.7. The van der Waals surface area contributed by atoms with Crippen LogP contribution >= 0.6 is 0 Å². The topological polar surface area (TPSA) is 187 Å². The van der Waals surface area contributed by atoms with E-state index in [1.54, 1.807) is 44.2 Å². The van der Waals surface area contributed by atoms with Crippen molar-refractivity contribution < 1.29 is 68.1 Å². The lowest BCUT2D eigenvalue weighted by Crippen LogP contribution is -2.31. The SMILES string of the molecule is CCOC(=O)c1cnc2ccc(OC(F)(F)F)cc2c1Nc1ccccc1-c1nn[nH]n1.CCOC(=O)c1cnc2ccc(OC(F)(F)F)cc2c1Nc1ccccc1CNC(F)(F)F. The molecule has 0 amide bonds. The summed E-state index contributed by atoms with van der Waals surface area (Å²) < 4.78 is 132. The van der Waals surface area contributed by atoms with Crippen LogP contribution < -0.4 is 25.4 Å². The standard InChI is InChI=1S/C21H17F6N3O3.C20H15F3N6O3/c1-2-32-19(31)15-11-28-17-8-7-13(33-21(25,26)27)9-14(17)18(15)30-16-6-4-3-5-12(16)10-29-20(22,23)24;1-2-31-19(30)14-10-24-15-8-7-11(32-20(21,22)23)9-13(15)17(14)25-16-6-4-3-5-12(16)18-26-28-29-27-18/h3-9,11,29H,2,10H2,1H3,(H,28,30);3-10H,2H2,1H3,(H,24,25)(H,26,27,28,29). The quantitative estimate of drug-likeness (QED) is 0.0486. The fourth-order valence-electron chi connectivity index (χ4n) is 6.06. The van der Waals surface area contributed by atoms with Crippen LogP contribution in [0.3, 0.4) is 0 Å². The molecule has 4 aromatic carbocycles. The first-order valence-corrected chi connectivity index (χ1v) is 18.8. The molecule has 0 aliphatic carbocycles. The molecule has 0 bridgehead atoms. The van der Waals surface area contributed by atoms with Crippen molar-refractivity contribution in [3.05, 3.63) is 114 Å². The maximum absolute atomic E-state index is 12.8. The number of H-pyrrole nitrogens is 1. The number of fused-ring (bicyclic) bond motifs is 2. The molecule has 340 valence electrons. The summed E-state index contributed by atoms with van der Waals surface area (Å²) in [6.45, 7) is 2.73. The van der Waals surface area contributed by atoms with Gasteiger partial charge in [-0.15, -0.1) is 36.5 Å². The summed E-state index contributed by atoms with van der Waals surface area (Å²) in [7, 11) is 0. The van der Waals surface area contributed by atoms with Gasteiger partial charge in [0.2, 0.25) is 5.82 Å². The number of carbonyl (C=O) groups excluding carboxylic acids is 2. The largest absolute Gasteiger partial charge is 0.573 e. The van der Waals surface area contributed by atoms with Crippen LogP contribution in [0.4, 0.5) is 62.3 Å². The second kappa shape index (κ2) is 19.7. The summed E-state index contributed by atoms with van der Waals surface area (Å²) in [5.74, 6) is -2.24. The van der Waals surface area contributed by atoms with Crippen LogP contribution in [0.15, 0.2) is 97.3 Å². The Bertz CT molecular complexity index is 2790. The fraction of sp³-hybridized carbons (Fsp3) is 0.195. The average molecular weight is 918 g/mol. The van der Waals surface area contributed by atoms with Gasteiger partial charge in [-0.3, -0.25) is 9.97 Å². The number of benzene rings is 4. The Kier molecular flexibility index (Phi) is 14.2. The van der Waals surface area contributed by atoms with Gasteiger partial charge in [0.05, 0.1) is 35.6 Å². The lowest BCUT2D eigenvalue weighted by Gasteiger charge is -2.18. The fourth-order valence-corrected chi connectivity index (χ4v) is 6.06. The van der Waals surface area contributed by atoms with E-state index in [-0.39, 0.29) is 69.1 Å². The van der Waals surface area contributed by atoms with Crippen molar-refractivity contribution in [2.75, 3.05) is 23.8 Å². The molecule has 0 saturated heterocycles. The number of anilines is 4. The van der Waals surface area contributed by atoms with Crippen molar-refractivity contribution in [3.63, 3.8) is 0 Å². The van der Waals surface area contributed by atoms with Crippen LogP contribution in [0.2, 0.25) is 0 Å². The van der Waals surface area contributed by atoms with Gasteiger partial charge in [-0.2, -0.15) is 18.4 Å². The van der Waals surface area contributed by atoms with Crippen LogP contribution in [0.5, 0.6) is 11.5 Å². The lowest BCUT2D eigenvalue weighted by atomic mass is 10.1. The van der Waals surface area contributed by atoms with Gasteiger partial charge in [-0.25, -0.2) is 14.9 Å². The van der Waals surface area contributed by atoms with Gasteiger partial charge < -0.3 is 29.6 Å². The zero-order chi connectivity index (χ0) is 46.9. The number of esters is 2. The third kappa shape index (κ3) is 12.5. The van der Waals surface area contributed by atoms with Crippen molar-refractivity contribution in [1.82, 2.24) is 35.9 Å². The van der Waals surface area contributed by atoms with E-state index in [0.29, 0.717) is 16.8 Å². The monoisotopic (exact) mass is 917 g/mol. The molecular weight excluding hydrogens is 885 g/mol. The van der Waals surface area contributed by atoms with E-state index in [1.807, 2.05) is 0 Å². The van der Waals surface area contributed by atoms with Crippen LogP contribution in [0, 0.1) is 0 Å². The third-order valence-corrected chi connectivity index (χ3v) is 8.67. The Morgan fingerprint density at radius 1 is 0.646 bits per heavy atom. The zero-order valence-corrected chi connectivity index (χ0v) is 33.4. The Morgan fingerprint density at radius 2 is 1.14 bits per heavy atom. The Morgan fingerprint density at radius 3 is 1.62 bits per heavy atom. The maximum Gasteiger partial charge on any atom is 0.573 e. The highest BCUT2D eigenvalue weighted by Gasteiger charge is 2.33. The average Bonchev–Trinajstić information content (AvgIpc) is 3.78. The summed E-state index contributed by atoms with van der Waals surface area (Å²) in [5.41, 5.74) is 2.07. The highest BCUT2D eigenvalue weighted by molar-refractivity contribution is 6.08. The van der Waals surface area contributed by atoms with E-state index in [1.165, 1.54) is 48.0 Å². The number of para-hydroxylation sites is 2. The number of alkyl halides is 9. The molecular formula is C41H32F9N9O6. The molecule has 0 aliphatic rings. The van der Waals surface area contributed by atoms with E-state index in [0.717, 1.165) is 24.3 Å². The van der Waals surface area contributed by atoms with Crippen LogP contribution in [-0.2, 0) is 16.0 Å². The lowest BCUT2D eigenvalue weighted by molar-refractivity contribution is -0.275. The van der Waals surface area contributed by atoms with Gasteiger partial charge in [-0.1, -0.05) is 30.3 Å². The molecule has 24 heteroatoms. The Balaban J connectivity index is 0.000000215. The number of rotatable bonds is 13. The highest BCUT2D eigenvalue weighted by Crippen LogP contribution is 2.37. The molecule has 0 saturated carbocycles. The molecule has 7 rings (SSSR count). The van der Waals surface area contributed by atoms with Crippen molar-refractivity contribution in [2.24, 2.45) is 0 Å². The van der Waals surface area contributed by atoms with Gasteiger partial charge >= 0.3 is 31.0 Å². The molecule has 0 aliphatic heterocycles. The van der Waals surface area contributed by atoms with Crippen LogP contribution in [0.1, 0.15) is 40.1 Å². The molecule has 0 unspecified atom stereocenters. The van der Waals surface area contributed by atoms with Crippen LogP contribution in [-0.4, -0.2) is 74.8 Å². The number of halogens is 9. The second-order valence-electron chi connectivity index (χ2n) is 13.0. The first kappa shape index (κ1) is 46.7. The van der Waals surface area contributed by atoms with E-state index in [9.17, 15) is 49.1 Å². The number of ether oxygens (including phenoxy) is 4. The van der Waals surface area contributed by atoms with Gasteiger partial charge in [0.1, 0.15) is 22.6 Å². The minimum Gasteiger partial charge on any atom is -0.462 e. The molecule has 15 nitrogen and oxygen atoms in total. The van der Waals surface area contributed by atoms with Crippen molar-refractivity contribution in [3.8, 4) is 22.9 Å². The molecule has 7 aromatic rings. The van der Waals surface area contributed by atoms with Gasteiger partial charge in [-0.05, 0) is 79.2 Å². The Labute approximate surface area is 360 Å². The minimum absolute atomic E-state index is 0.00512. The number of nitrogens with one attached hydrogen (secondary N) is 4. The molecule has 4 N–H and O–H groups in total. The second-order valence-corrected chi connectivity index (χ2v) is 13.0. The van der Waals surface area contributed by atoms with Crippen molar-refractivity contribution in [1.29, 1.82) is 0 Å². The summed E-state index contributed by atoms with van der Waals surface area (Å²) in [4.78, 5) is 33.3. The number of nitrogens with zero attached hydrogens (tertiary/aromatic N) is 5. The highest BCUT2D eigenvalue weighted by atomic mass is 19.4. The number of aromatic nitrogens is 6. The minimum atomic E-state index is -4.96. The molecule has 0 fully saturated rings. The molecule has 3 heterocycles. The van der Waals surface area contributed by atoms with Crippen molar-refractivity contribution >= 4 is 56.5 Å². The number of hydrogen-bond acceptors (Lipinski definition) is 14. The van der Waals surface area contributed by atoms with E-state index in [4.69, 9.17) is 9.47 Å². The number of tetrazole rings is 1. The van der Waals surface area contributed by atoms with E-state index in [2.05, 4.69) is 50.7 Å². The van der Waals surface area contributed by atoms with Crippen LogP contribution in [0.25, 0.3) is 33.2 Å². The summed E-state index contributed by atoms with van der Waals surface area (Å²) in [5, 5.41) is 21.5. The zero-order valence-electron chi connectivity index (χ0n) is 33.4. The number of hydrogen-bond donors (Lipinski definition) is 4. The number of pyridine rings is 2. The van der Waals surface area contributed by atoms with Gasteiger partial charge in [0.25, 0.3) is 0 Å². The number of aromatic amines is 1. The third-order valence-electron chi connectivity index (χ3n) is 8.67. The summed E-state index contributed by atoms with van der Waals surface area (Å²) >= 11 is 0. The van der Waals surface area contributed by atoms with Gasteiger partial charge in [0.15, 0.2) is 0 Å². The Hall–Kier alpha value is -7.76. The summed E-state index contributed by atoms with van der Waals surface area (Å²) in [6.07, 6.45) is -12.0. The predicted octanol–water partition coefficient (Wildman–Crippen LogP) is 9.90. The molecule has 0 radical (unpaired) electrons. The maximum atomic E-state index is 12.8. The first-order valence-electron chi connectivity index (χ1n) is 18.8. The number of carbonyl (C=O) groups is 2.